The van der Waals surface area contributed by atoms with Crippen molar-refractivity contribution in [3.63, 3.8) is 0 Å². The first-order valence-corrected chi connectivity index (χ1v) is 12.5. The Morgan fingerprint density at radius 2 is 1.28 bits per heavy atom. The van der Waals surface area contributed by atoms with Gasteiger partial charge in [-0.15, -0.1) is 0 Å². The summed E-state index contributed by atoms with van der Waals surface area (Å²) in [6.07, 6.45) is 10.7. The van der Waals surface area contributed by atoms with Crippen LogP contribution in [-0.2, 0) is 19.1 Å². The lowest BCUT2D eigenvalue weighted by atomic mass is 9.70. The summed E-state index contributed by atoms with van der Waals surface area (Å²) < 4.78 is 10.6. The largest absolute Gasteiger partial charge is 0.466 e. The third-order valence-corrected chi connectivity index (χ3v) is 6.86. The van der Waals surface area contributed by atoms with Crippen LogP contribution in [0.5, 0.6) is 0 Å². The predicted molar refractivity (Wildman–Crippen MR) is 124 cm³/mol. The Hall–Kier alpha value is -1.79. The van der Waals surface area contributed by atoms with Crippen molar-refractivity contribution in [3.8, 4) is 0 Å². The second-order valence-corrected chi connectivity index (χ2v) is 10.9. The molecule has 0 atom stereocenters. The summed E-state index contributed by atoms with van der Waals surface area (Å²) in [7, 11) is 0. The van der Waals surface area contributed by atoms with E-state index in [-0.39, 0.29) is 22.7 Å². The van der Waals surface area contributed by atoms with Gasteiger partial charge in [0.1, 0.15) is 5.60 Å². The molecule has 2 amide bonds. The minimum absolute atomic E-state index is 0.00620. The molecule has 2 aliphatic carbocycles. The van der Waals surface area contributed by atoms with Crippen molar-refractivity contribution in [1.82, 2.24) is 10.6 Å². The van der Waals surface area contributed by atoms with E-state index >= 15 is 0 Å². The smallest absolute Gasteiger partial charge is 0.407 e. The van der Waals surface area contributed by atoms with E-state index in [0.29, 0.717) is 32.5 Å². The molecule has 0 heterocycles. The minimum Gasteiger partial charge on any atom is -0.466 e. The third-order valence-electron chi connectivity index (χ3n) is 6.86. The molecular weight excluding hydrogens is 408 g/mol. The van der Waals surface area contributed by atoms with E-state index in [9.17, 15) is 14.4 Å². The van der Waals surface area contributed by atoms with Gasteiger partial charge in [0, 0.05) is 19.5 Å². The molecular formula is C25H44N2O5. The van der Waals surface area contributed by atoms with Gasteiger partial charge in [-0.05, 0) is 64.2 Å². The summed E-state index contributed by atoms with van der Waals surface area (Å²) in [5.74, 6) is -0.166. The zero-order valence-electron chi connectivity index (χ0n) is 20.6. The number of hydrogen-bond donors (Lipinski definition) is 2. The second kappa shape index (κ2) is 11.9. The van der Waals surface area contributed by atoms with E-state index in [1.165, 1.54) is 12.8 Å². The van der Waals surface area contributed by atoms with Gasteiger partial charge in [-0.2, -0.15) is 0 Å². The van der Waals surface area contributed by atoms with E-state index in [1.807, 2.05) is 27.7 Å². The maximum Gasteiger partial charge on any atom is 0.407 e. The van der Waals surface area contributed by atoms with E-state index in [1.54, 1.807) is 0 Å². The molecule has 0 aromatic carbocycles. The molecule has 0 aromatic heterocycles. The van der Waals surface area contributed by atoms with Gasteiger partial charge in [-0.25, -0.2) is 4.79 Å². The van der Waals surface area contributed by atoms with Crippen molar-refractivity contribution in [1.29, 1.82) is 0 Å². The van der Waals surface area contributed by atoms with Crippen LogP contribution in [0, 0.1) is 10.8 Å². The number of carbonyl (C=O) groups is 3. The molecule has 2 saturated carbocycles. The fourth-order valence-corrected chi connectivity index (χ4v) is 5.22. The summed E-state index contributed by atoms with van der Waals surface area (Å²) in [6.45, 7) is 8.69. The van der Waals surface area contributed by atoms with Crippen LogP contribution in [0.4, 0.5) is 4.79 Å². The summed E-state index contributed by atoms with van der Waals surface area (Å²) >= 11 is 0. The van der Waals surface area contributed by atoms with E-state index in [4.69, 9.17) is 9.47 Å². The molecule has 0 unspecified atom stereocenters. The SMILES string of the molecule is CCOC(=O)CC1(CNC(=O)CC2(CNC(=O)OC(C)(C)C)CCCCC2)CCCCC1. The third kappa shape index (κ3) is 8.99. The molecule has 0 saturated heterocycles. The molecule has 2 aliphatic rings. The summed E-state index contributed by atoms with van der Waals surface area (Å²) in [6, 6.07) is 0. The highest BCUT2D eigenvalue weighted by Crippen LogP contribution is 2.41. The van der Waals surface area contributed by atoms with Gasteiger partial charge in [0.05, 0.1) is 13.0 Å². The van der Waals surface area contributed by atoms with Gasteiger partial charge in [0.25, 0.3) is 0 Å². The molecule has 2 rings (SSSR count). The number of esters is 1. The lowest BCUT2D eigenvalue weighted by Gasteiger charge is -2.39. The van der Waals surface area contributed by atoms with E-state index < -0.39 is 11.7 Å². The average Bonchev–Trinajstić information content (AvgIpc) is 2.71. The van der Waals surface area contributed by atoms with Crippen LogP contribution in [0.15, 0.2) is 0 Å². The van der Waals surface area contributed by atoms with Gasteiger partial charge < -0.3 is 20.1 Å². The summed E-state index contributed by atoms with van der Waals surface area (Å²) in [4.78, 5) is 37.4. The Labute approximate surface area is 193 Å². The topological polar surface area (TPSA) is 93.7 Å². The minimum atomic E-state index is -0.547. The number of rotatable bonds is 9. The molecule has 0 aromatic rings. The number of ether oxygens (including phenoxy) is 2. The number of hydrogen-bond acceptors (Lipinski definition) is 5. The highest BCUT2D eigenvalue weighted by Gasteiger charge is 2.38. The number of nitrogens with one attached hydrogen (secondary N) is 2. The lowest BCUT2D eigenvalue weighted by molar-refractivity contribution is -0.147. The number of amides is 2. The zero-order chi connectivity index (χ0) is 23.7. The fraction of sp³-hybridized carbons (Fsp3) is 0.880. The van der Waals surface area contributed by atoms with Crippen LogP contribution in [-0.4, -0.2) is 43.3 Å². The number of alkyl carbamates (subject to hydrolysis) is 1. The first kappa shape index (κ1) is 26.5. The Balaban J connectivity index is 1.95. The van der Waals surface area contributed by atoms with Crippen LogP contribution >= 0.6 is 0 Å². The van der Waals surface area contributed by atoms with Gasteiger partial charge in [0.15, 0.2) is 0 Å². The Morgan fingerprint density at radius 1 is 0.781 bits per heavy atom. The van der Waals surface area contributed by atoms with Gasteiger partial charge in [-0.1, -0.05) is 38.5 Å². The van der Waals surface area contributed by atoms with Crippen LogP contribution in [0.1, 0.15) is 105 Å². The maximum absolute atomic E-state index is 13.0. The Bertz CT molecular complexity index is 629. The first-order chi connectivity index (χ1) is 15.1. The van der Waals surface area contributed by atoms with Crippen LogP contribution in [0.3, 0.4) is 0 Å². The molecule has 2 fully saturated rings. The van der Waals surface area contributed by atoms with Crippen LogP contribution in [0.2, 0.25) is 0 Å². The van der Waals surface area contributed by atoms with Gasteiger partial charge >= 0.3 is 12.1 Å². The fourth-order valence-electron chi connectivity index (χ4n) is 5.22. The molecule has 0 spiro atoms. The molecule has 0 aliphatic heterocycles. The zero-order valence-corrected chi connectivity index (χ0v) is 20.6. The summed E-state index contributed by atoms with van der Waals surface area (Å²) in [5, 5.41) is 6.05. The standard InChI is InChI=1S/C25H44N2O5/c1-5-31-21(29)17-25(14-10-7-11-15-25)18-26-20(28)16-24(12-8-6-9-13-24)19-27-22(30)32-23(2,3)4/h5-19H2,1-4H3,(H,26,28)(H,27,30). The van der Waals surface area contributed by atoms with Gasteiger partial charge in [-0.3, -0.25) is 9.59 Å². The average molecular weight is 453 g/mol. The van der Waals surface area contributed by atoms with Crippen molar-refractivity contribution >= 4 is 18.0 Å². The van der Waals surface area contributed by atoms with Gasteiger partial charge in [0.2, 0.25) is 5.91 Å². The second-order valence-electron chi connectivity index (χ2n) is 10.9. The normalized spacial score (nSPS) is 20.1. The highest BCUT2D eigenvalue weighted by molar-refractivity contribution is 5.77. The van der Waals surface area contributed by atoms with Crippen molar-refractivity contribution in [2.24, 2.45) is 10.8 Å². The van der Waals surface area contributed by atoms with Crippen LogP contribution < -0.4 is 10.6 Å². The van der Waals surface area contributed by atoms with Crippen molar-refractivity contribution < 1.29 is 23.9 Å². The molecule has 7 heteroatoms. The predicted octanol–water partition coefficient (Wildman–Crippen LogP) is 4.87. The lowest BCUT2D eigenvalue weighted by Crippen LogP contribution is -2.46. The molecule has 0 bridgehead atoms. The Kier molecular flexibility index (Phi) is 9.83. The van der Waals surface area contributed by atoms with E-state index in [2.05, 4.69) is 10.6 Å². The molecule has 2 N–H and O–H groups in total. The first-order valence-electron chi connectivity index (χ1n) is 12.5. The van der Waals surface area contributed by atoms with Crippen molar-refractivity contribution in [2.45, 2.75) is 110 Å². The summed E-state index contributed by atoms with van der Waals surface area (Å²) in [5.41, 5.74) is -0.983. The van der Waals surface area contributed by atoms with Crippen LogP contribution in [0.25, 0.3) is 0 Å². The molecule has 32 heavy (non-hydrogen) atoms. The molecule has 0 radical (unpaired) electrons. The monoisotopic (exact) mass is 452 g/mol. The van der Waals surface area contributed by atoms with Crippen molar-refractivity contribution in [3.05, 3.63) is 0 Å². The maximum atomic E-state index is 13.0. The van der Waals surface area contributed by atoms with Crippen molar-refractivity contribution in [2.75, 3.05) is 19.7 Å². The molecule has 7 nitrogen and oxygen atoms in total. The quantitative estimate of drug-likeness (QED) is 0.487. The highest BCUT2D eigenvalue weighted by atomic mass is 16.6. The van der Waals surface area contributed by atoms with E-state index in [0.717, 1.165) is 51.4 Å². The number of carbonyl (C=O) groups excluding carboxylic acids is 3. The molecule has 184 valence electrons. The Morgan fingerprint density at radius 3 is 1.78 bits per heavy atom.